The van der Waals surface area contributed by atoms with Crippen molar-refractivity contribution >= 4 is 11.9 Å². The molecule has 0 spiro atoms. The van der Waals surface area contributed by atoms with Crippen molar-refractivity contribution in [2.45, 2.75) is 32.8 Å². The van der Waals surface area contributed by atoms with Crippen LogP contribution in [-0.2, 0) is 23.8 Å². The van der Waals surface area contributed by atoms with E-state index >= 15 is 0 Å². The van der Waals surface area contributed by atoms with Gasteiger partial charge in [0, 0.05) is 6.42 Å². The molecule has 0 bridgehead atoms. The van der Waals surface area contributed by atoms with Crippen molar-refractivity contribution < 1.29 is 23.8 Å². The van der Waals surface area contributed by atoms with E-state index in [1.807, 2.05) is 0 Å². The Balaban J connectivity index is 5.02. The third-order valence-corrected chi connectivity index (χ3v) is 2.80. The Bertz CT molecular complexity index is 372. The molecule has 0 rings (SSSR count). The summed E-state index contributed by atoms with van der Waals surface area (Å²) in [5, 5.41) is 0. The Morgan fingerprint density at radius 3 is 2.05 bits per heavy atom. The second kappa shape index (κ2) is 7.85. The summed E-state index contributed by atoms with van der Waals surface area (Å²) in [4.78, 5) is 23.9. The summed E-state index contributed by atoms with van der Waals surface area (Å²) in [6, 6.07) is 0. The molecule has 0 amide bonds. The second-order valence-electron chi connectivity index (χ2n) is 5.27. The van der Waals surface area contributed by atoms with Crippen molar-refractivity contribution in [1.82, 2.24) is 0 Å². The molecule has 5 heteroatoms. The molecule has 0 aromatic rings. The van der Waals surface area contributed by atoms with Gasteiger partial charge in [-0.2, -0.15) is 0 Å². The Kier molecular flexibility index (Phi) is 7.21. The zero-order chi connectivity index (χ0) is 15.8. The lowest BCUT2D eigenvalue weighted by Crippen LogP contribution is -2.45. The van der Waals surface area contributed by atoms with Crippen LogP contribution in [-0.4, -0.2) is 37.9 Å². The van der Waals surface area contributed by atoms with Crippen LogP contribution in [0.3, 0.4) is 0 Å². The van der Waals surface area contributed by atoms with Crippen molar-refractivity contribution in [1.29, 1.82) is 0 Å². The molecule has 0 saturated carbocycles. The van der Waals surface area contributed by atoms with Crippen LogP contribution in [0.1, 0.15) is 27.2 Å². The first-order chi connectivity index (χ1) is 9.23. The molecule has 5 nitrogen and oxygen atoms in total. The molecule has 0 saturated heterocycles. The van der Waals surface area contributed by atoms with Crippen LogP contribution in [0.15, 0.2) is 25.3 Å². The van der Waals surface area contributed by atoms with E-state index < -0.39 is 23.0 Å². The van der Waals surface area contributed by atoms with Crippen molar-refractivity contribution in [3.63, 3.8) is 0 Å². The fraction of sp³-hybridized carbons (Fsp3) is 0.600. The smallest absolute Gasteiger partial charge is 0.337 e. The number of carbonyl (C=O) groups excluding carboxylic acids is 2. The highest BCUT2D eigenvalue weighted by Gasteiger charge is 2.44. The summed E-state index contributed by atoms with van der Waals surface area (Å²) in [5.74, 6) is -0.960. The normalized spacial score (nSPS) is 14.0. The molecule has 1 unspecified atom stereocenters. The molecule has 114 valence electrons. The van der Waals surface area contributed by atoms with E-state index in [9.17, 15) is 9.59 Å². The lowest BCUT2D eigenvalue weighted by molar-refractivity contribution is -0.174. The quantitative estimate of drug-likeness (QED) is 0.480. The third-order valence-electron chi connectivity index (χ3n) is 2.80. The Morgan fingerprint density at radius 2 is 1.60 bits per heavy atom. The van der Waals surface area contributed by atoms with Gasteiger partial charge in [-0.25, -0.2) is 4.79 Å². The number of ether oxygens (including phenoxy) is 3. The highest BCUT2D eigenvalue weighted by atomic mass is 16.6. The van der Waals surface area contributed by atoms with Gasteiger partial charge in [0.25, 0.3) is 0 Å². The Hall–Kier alpha value is -1.62. The van der Waals surface area contributed by atoms with E-state index in [1.54, 1.807) is 20.8 Å². The van der Waals surface area contributed by atoms with Crippen LogP contribution in [0.25, 0.3) is 0 Å². The minimum atomic E-state index is -1.24. The highest BCUT2D eigenvalue weighted by molar-refractivity contribution is 5.82. The second-order valence-corrected chi connectivity index (χ2v) is 5.27. The number of methoxy groups -OCH3 is 1. The van der Waals surface area contributed by atoms with Crippen LogP contribution in [0.5, 0.6) is 0 Å². The minimum absolute atomic E-state index is 0.130. The molecular formula is C15H24O5. The molecule has 0 aliphatic carbocycles. The summed E-state index contributed by atoms with van der Waals surface area (Å²) >= 11 is 0. The lowest BCUT2D eigenvalue weighted by atomic mass is 9.80. The van der Waals surface area contributed by atoms with Gasteiger partial charge in [-0.1, -0.05) is 18.7 Å². The molecule has 0 heterocycles. The van der Waals surface area contributed by atoms with Gasteiger partial charge in [-0.3, -0.25) is 4.79 Å². The van der Waals surface area contributed by atoms with Gasteiger partial charge in [0.15, 0.2) is 5.60 Å². The molecule has 0 aromatic heterocycles. The van der Waals surface area contributed by atoms with Crippen LogP contribution in [0.2, 0.25) is 0 Å². The van der Waals surface area contributed by atoms with Crippen molar-refractivity contribution in [2.24, 2.45) is 5.41 Å². The van der Waals surface area contributed by atoms with Crippen LogP contribution in [0.4, 0.5) is 0 Å². The molecule has 1 atom stereocenters. The predicted molar refractivity (Wildman–Crippen MR) is 76.1 cm³/mol. The van der Waals surface area contributed by atoms with Gasteiger partial charge in [0.05, 0.1) is 19.1 Å². The summed E-state index contributed by atoms with van der Waals surface area (Å²) in [6.45, 7) is 12.3. The van der Waals surface area contributed by atoms with Gasteiger partial charge in [0.1, 0.15) is 6.61 Å². The fourth-order valence-corrected chi connectivity index (χ4v) is 1.89. The zero-order valence-corrected chi connectivity index (χ0v) is 12.7. The topological polar surface area (TPSA) is 61.8 Å². The van der Waals surface area contributed by atoms with E-state index in [0.717, 1.165) is 0 Å². The van der Waals surface area contributed by atoms with Crippen molar-refractivity contribution in [3.05, 3.63) is 25.3 Å². The zero-order valence-electron chi connectivity index (χ0n) is 12.7. The lowest BCUT2D eigenvalue weighted by Gasteiger charge is -2.33. The average Bonchev–Trinajstić information content (AvgIpc) is 2.40. The Morgan fingerprint density at radius 1 is 1.05 bits per heavy atom. The molecule has 0 aromatic carbocycles. The van der Waals surface area contributed by atoms with E-state index in [4.69, 9.17) is 14.2 Å². The van der Waals surface area contributed by atoms with Gasteiger partial charge in [-0.15, -0.1) is 6.58 Å². The van der Waals surface area contributed by atoms with E-state index in [0.29, 0.717) is 0 Å². The molecule has 0 N–H and O–H groups in total. The van der Waals surface area contributed by atoms with Gasteiger partial charge >= 0.3 is 11.9 Å². The maximum absolute atomic E-state index is 12.0. The number of hydrogen-bond acceptors (Lipinski definition) is 5. The summed E-state index contributed by atoms with van der Waals surface area (Å²) in [5.41, 5.74) is -2.13. The van der Waals surface area contributed by atoms with Crippen LogP contribution >= 0.6 is 0 Å². The van der Waals surface area contributed by atoms with Crippen molar-refractivity contribution in [3.8, 4) is 0 Å². The monoisotopic (exact) mass is 284 g/mol. The minimum Gasteiger partial charge on any atom is -0.467 e. The summed E-state index contributed by atoms with van der Waals surface area (Å²) in [6.07, 6.45) is 3.16. The maximum atomic E-state index is 12.0. The van der Waals surface area contributed by atoms with Gasteiger partial charge < -0.3 is 14.2 Å². The highest BCUT2D eigenvalue weighted by Crippen LogP contribution is 2.32. The number of esters is 2. The SMILES string of the molecule is C=CCOC(=O)C(C)(C)CC(C)(OCC=C)C(=O)OC. The molecule has 0 aliphatic heterocycles. The predicted octanol–water partition coefficient (Wildman–Crippen LogP) is 2.27. The number of rotatable bonds is 9. The largest absolute Gasteiger partial charge is 0.467 e. The first-order valence-electron chi connectivity index (χ1n) is 6.35. The van der Waals surface area contributed by atoms with Crippen molar-refractivity contribution in [2.75, 3.05) is 20.3 Å². The first-order valence-corrected chi connectivity index (χ1v) is 6.35. The molecular weight excluding hydrogens is 260 g/mol. The summed E-state index contributed by atoms with van der Waals surface area (Å²) in [7, 11) is 1.28. The summed E-state index contributed by atoms with van der Waals surface area (Å²) < 4.78 is 15.3. The fourth-order valence-electron chi connectivity index (χ4n) is 1.89. The molecule has 0 radical (unpaired) electrons. The van der Waals surface area contributed by atoms with Crippen LogP contribution in [0, 0.1) is 5.41 Å². The van der Waals surface area contributed by atoms with Gasteiger partial charge in [0.2, 0.25) is 0 Å². The van der Waals surface area contributed by atoms with E-state index in [-0.39, 0.29) is 19.6 Å². The molecule has 0 aliphatic rings. The number of carbonyl (C=O) groups is 2. The molecule has 0 fully saturated rings. The van der Waals surface area contributed by atoms with Crippen LogP contribution < -0.4 is 0 Å². The number of hydrogen-bond donors (Lipinski definition) is 0. The van der Waals surface area contributed by atoms with E-state index in [2.05, 4.69) is 13.2 Å². The Labute approximate surface area is 120 Å². The standard InChI is InChI=1S/C15H24O5/c1-7-9-19-12(16)14(3,4)11-15(5,13(17)18-6)20-10-8-2/h7-8H,1-2,9-11H2,3-6H3. The first kappa shape index (κ1) is 18.4. The maximum Gasteiger partial charge on any atom is 0.337 e. The van der Waals surface area contributed by atoms with E-state index in [1.165, 1.54) is 19.3 Å². The third kappa shape index (κ3) is 5.17. The van der Waals surface area contributed by atoms with Gasteiger partial charge in [-0.05, 0) is 20.8 Å². The molecule has 20 heavy (non-hydrogen) atoms. The average molecular weight is 284 g/mol.